The molecule has 1 N–H and O–H groups in total. The van der Waals surface area contributed by atoms with Gasteiger partial charge in [-0.25, -0.2) is 4.79 Å². The van der Waals surface area contributed by atoms with Crippen LogP contribution in [0.25, 0.3) is 0 Å². The van der Waals surface area contributed by atoms with Gasteiger partial charge in [0.1, 0.15) is 24.9 Å². The Bertz CT molecular complexity index is 1360. The SMILES string of the molecule is Cc1cn([C@@H]2O[C@H](COC(=O)c3ccccc3)[C@H]3OC(C)(C)O[C@H]32)c(NC(=O)c2ccccc2)nc1=O. The number of hydrogen-bond acceptors (Lipinski definition) is 8. The molecule has 0 saturated carbocycles. The molecule has 5 rings (SSSR count). The molecule has 0 spiro atoms. The fourth-order valence-corrected chi connectivity index (χ4v) is 4.45. The van der Waals surface area contributed by atoms with Gasteiger partial charge in [0, 0.05) is 17.3 Å². The van der Waals surface area contributed by atoms with Crippen LogP contribution in [-0.4, -0.2) is 52.1 Å². The topological polar surface area (TPSA) is 118 Å². The van der Waals surface area contributed by atoms with E-state index in [4.69, 9.17) is 18.9 Å². The van der Waals surface area contributed by atoms with Crippen LogP contribution in [0.1, 0.15) is 46.4 Å². The van der Waals surface area contributed by atoms with Crippen molar-refractivity contribution in [3.63, 3.8) is 0 Å². The Balaban J connectivity index is 1.42. The normalized spacial score (nSPS) is 23.9. The number of aromatic nitrogens is 2. The molecule has 2 saturated heterocycles. The van der Waals surface area contributed by atoms with Gasteiger partial charge in [0.25, 0.3) is 11.5 Å². The van der Waals surface area contributed by atoms with E-state index in [0.717, 1.165) is 0 Å². The van der Waals surface area contributed by atoms with E-state index in [-0.39, 0.29) is 12.6 Å². The standard InChI is InChI=1S/C27H27N3O7/c1-16-14-30(26(28-22(16)31)29-23(32)17-10-6-4-7-11-17)24-21-20(36-27(2,3)37-21)19(35-24)15-34-25(33)18-12-8-5-9-13-18/h4-14,19-21,24H,15H2,1-3H3,(H,28,29,31,32)/t19-,20-,21-,24-/m1/s1. The molecule has 0 bridgehead atoms. The van der Waals surface area contributed by atoms with Crippen molar-refractivity contribution in [1.82, 2.24) is 9.55 Å². The van der Waals surface area contributed by atoms with Crippen molar-refractivity contribution in [1.29, 1.82) is 0 Å². The van der Waals surface area contributed by atoms with Gasteiger partial charge in [0.05, 0.1) is 5.56 Å². The van der Waals surface area contributed by atoms with Crippen LogP contribution in [0, 0.1) is 6.92 Å². The molecule has 1 aromatic heterocycles. The van der Waals surface area contributed by atoms with Gasteiger partial charge >= 0.3 is 5.97 Å². The van der Waals surface area contributed by atoms with Crippen LogP contribution in [0.5, 0.6) is 0 Å². The average Bonchev–Trinajstić information content (AvgIpc) is 3.38. The van der Waals surface area contributed by atoms with Gasteiger partial charge in [-0.2, -0.15) is 4.98 Å². The van der Waals surface area contributed by atoms with Crippen molar-refractivity contribution in [2.45, 2.75) is 51.1 Å². The van der Waals surface area contributed by atoms with Crippen LogP contribution >= 0.6 is 0 Å². The van der Waals surface area contributed by atoms with Crippen LogP contribution in [0.3, 0.4) is 0 Å². The predicted molar refractivity (Wildman–Crippen MR) is 132 cm³/mol. The van der Waals surface area contributed by atoms with E-state index in [2.05, 4.69) is 10.3 Å². The van der Waals surface area contributed by atoms with Gasteiger partial charge < -0.3 is 18.9 Å². The largest absolute Gasteiger partial charge is 0.459 e. The number of carbonyl (C=O) groups is 2. The van der Waals surface area contributed by atoms with Crippen molar-refractivity contribution < 1.29 is 28.5 Å². The molecular weight excluding hydrogens is 478 g/mol. The number of benzene rings is 2. The average molecular weight is 506 g/mol. The van der Waals surface area contributed by atoms with Gasteiger partial charge in [0.15, 0.2) is 12.0 Å². The minimum Gasteiger partial charge on any atom is -0.459 e. The lowest BCUT2D eigenvalue weighted by Gasteiger charge is -2.26. The number of esters is 1. The summed E-state index contributed by atoms with van der Waals surface area (Å²) in [4.78, 5) is 41.9. The Kier molecular flexibility index (Phi) is 6.63. The van der Waals surface area contributed by atoms with E-state index in [1.807, 2.05) is 6.07 Å². The second kappa shape index (κ2) is 9.89. The number of aryl methyl sites for hydroxylation is 1. The van der Waals surface area contributed by atoms with Crippen molar-refractivity contribution in [3.05, 3.63) is 93.9 Å². The predicted octanol–water partition coefficient (Wildman–Crippen LogP) is 3.08. The molecule has 0 unspecified atom stereocenters. The summed E-state index contributed by atoms with van der Waals surface area (Å²) in [6.45, 7) is 5.10. The summed E-state index contributed by atoms with van der Waals surface area (Å²) in [5.74, 6) is -1.84. The zero-order valence-corrected chi connectivity index (χ0v) is 20.6. The van der Waals surface area contributed by atoms with E-state index in [1.165, 1.54) is 0 Å². The maximum absolute atomic E-state index is 12.9. The first kappa shape index (κ1) is 24.8. The van der Waals surface area contributed by atoms with Crippen LogP contribution in [0.4, 0.5) is 5.95 Å². The van der Waals surface area contributed by atoms with Crippen LogP contribution in [-0.2, 0) is 18.9 Å². The maximum atomic E-state index is 12.9. The van der Waals surface area contributed by atoms with E-state index in [0.29, 0.717) is 16.7 Å². The number of anilines is 1. The third-order valence-corrected chi connectivity index (χ3v) is 6.17. The lowest BCUT2D eigenvalue weighted by Crippen LogP contribution is -2.33. The molecular formula is C27H27N3O7. The van der Waals surface area contributed by atoms with Crippen molar-refractivity contribution in [3.8, 4) is 0 Å². The van der Waals surface area contributed by atoms with E-state index in [1.54, 1.807) is 86.1 Å². The molecule has 192 valence electrons. The summed E-state index contributed by atoms with van der Waals surface area (Å²) in [5, 5.41) is 2.71. The van der Waals surface area contributed by atoms with Crippen molar-refractivity contribution >= 4 is 17.8 Å². The number of rotatable bonds is 6. The highest BCUT2D eigenvalue weighted by atomic mass is 16.8. The molecule has 2 aliphatic rings. The summed E-state index contributed by atoms with van der Waals surface area (Å²) < 4.78 is 25.6. The molecule has 37 heavy (non-hydrogen) atoms. The third kappa shape index (κ3) is 5.17. The minimum atomic E-state index is -0.923. The van der Waals surface area contributed by atoms with Gasteiger partial charge in [-0.05, 0) is 45.0 Å². The molecule has 1 amide bonds. The number of carbonyl (C=O) groups excluding carboxylic acids is 2. The smallest absolute Gasteiger partial charge is 0.338 e. The number of ether oxygens (including phenoxy) is 4. The number of nitrogens with one attached hydrogen (secondary N) is 1. The summed E-state index contributed by atoms with van der Waals surface area (Å²) in [5.41, 5.74) is 0.700. The second-order valence-corrected chi connectivity index (χ2v) is 9.37. The Hall–Kier alpha value is -3.86. The molecule has 4 atom stereocenters. The lowest BCUT2D eigenvalue weighted by atomic mass is 10.1. The maximum Gasteiger partial charge on any atom is 0.338 e. The molecule has 10 nitrogen and oxygen atoms in total. The van der Waals surface area contributed by atoms with E-state index >= 15 is 0 Å². The summed E-state index contributed by atoms with van der Waals surface area (Å²) in [6.07, 6.45) is -1.11. The monoisotopic (exact) mass is 505 g/mol. The molecule has 3 heterocycles. The van der Waals surface area contributed by atoms with Gasteiger partial charge in [0.2, 0.25) is 5.95 Å². The quantitative estimate of drug-likeness (QED) is 0.508. The zero-order valence-electron chi connectivity index (χ0n) is 20.6. The second-order valence-electron chi connectivity index (χ2n) is 9.37. The highest BCUT2D eigenvalue weighted by Crippen LogP contribution is 2.43. The molecule has 0 radical (unpaired) electrons. The highest BCUT2D eigenvalue weighted by Gasteiger charge is 2.56. The summed E-state index contributed by atoms with van der Waals surface area (Å²) in [7, 11) is 0. The van der Waals surface area contributed by atoms with Crippen LogP contribution in [0.2, 0.25) is 0 Å². The molecule has 2 aliphatic heterocycles. The molecule has 2 fully saturated rings. The fraction of sp³-hybridized carbons (Fsp3) is 0.333. The van der Waals surface area contributed by atoms with E-state index < -0.39 is 47.8 Å². The van der Waals surface area contributed by atoms with Crippen LogP contribution in [0.15, 0.2) is 71.7 Å². The molecule has 10 heteroatoms. The third-order valence-electron chi connectivity index (χ3n) is 6.17. The molecule has 2 aromatic carbocycles. The van der Waals surface area contributed by atoms with Gasteiger partial charge in [-0.1, -0.05) is 36.4 Å². The Morgan fingerprint density at radius 3 is 2.30 bits per heavy atom. The van der Waals surface area contributed by atoms with Crippen LogP contribution < -0.4 is 10.9 Å². The Morgan fingerprint density at radius 2 is 1.62 bits per heavy atom. The first-order valence-corrected chi connectivity index (χ1v) is 11.9. The first-order valence-electron chi connectivity index (χ1n) is 11.9. The Labute approximate surface area is 213 Å². The van der Waals surface area contributed by atoms with Crippen molar-refractivity contribution in [2.75, 3.05) is 11.9 Å². The van der Waals surface area contributed by atoms with E-state index in [9.17, 15) is 14.4 Å². The fourth-order valence-electron chi connectivity index (χ4n) is 4.45. The number of hydrogen-bond donors (Lipinski definition) is 1. The first-order chi connectivity index (χ1) is 17.7. The highest BCUT2D eigenvalue weighted by molar-refractivity contribution is 6.03. The summed E-state index contributed by atoms with van der Waals surface area (Å²) in [6, 6.07) is 17.2. The van der Waals surface area contributed by atoms with Gasteiger partial charge in [-0.3, -0.25) is 19.5 Å². The number of amides is 1. The lowest BCUT2D eigenvalue weighted by molar-refractivity contribution is -0.200. The summed E-state index contributed by atoms with van der Waals surface area (Å²) >= 11 is 0. The number of fused-ring (bicyclic) bond motifs is 1. The minimum absolute atomic E-state index is 0.00318. The Morgan fingerprint density at radius 1 is 1.00 bits per heavy atom. The molecule has 0 aliphatic carbocycles. The zero-order chi connectivity index (χ0) is 26.2. The number of nitrogens with zero attached hydrogens (tertiary/aromatic N) is 2. The van der Waals surface area contributed by atoms with Gasteiger partial charge in [-0.15, -0.1) is 0 Å². The molecule has 3 aromatic rings. The van der Waals surface area contributed by atoms with Crippen molar-refractivity contribution in [2.24, 2.45) is 0 Å².